The summed E-state index contributed by atoms with van der Waals surface area (Å²) in [4.78, 5) is 22.8. The fraction of sp³-hybridized carbons (Fsp3) is 0.556. The van der Waals surface area contributed by atoms with Gasteiger partial charge in [-0.15, -0.1) is 0 Å². The Bertz CT molecular complexity index is 430. The van der Waals surface area contributed by atoms with Crippen LogP contribution in [0.2, 0.25) is 0 Å². The van der Waals surface area contributed by atoms with Gasteiger partial charge in [0.2, 0.25) is 5.91 Å². The van der Waals surface area contributed by atoms with Crippen LogP contribution in [0, 0.1) is 10.1 Å². The van der Waals surface area contributed by atoms with E-state index < -0.39 is 4.92 Å². The highest BCUT2D eigenvalue weighted by atomic mass is 79.9. The minimum absolute atomic E-state index is 0.0331. The van der Waals surface area contributed by atoms with Gasteiger partial charge < -0.3 is 15.0 Å². The molecule has 0 atom stereocenters. The van der Waals surface area contributed by atoms with Crippen LogP contribution >= 0.6 is 15.9 Å². The van der Waals surface area contributed by atoms with Crippen molar-refractivity contribution in [3.05, 3.63) is 20.8 Å². The van der Waals surface area contributed by atoms with Crippen LogP contribution < -0.4 is 0 Å². The minimum atomic E-state index is -0.550. The van der Waals surface area contributed by atoms with Gasteiger partial charge in [-0.05, 0) is 27.3 Å². The van der Waals surface area contributed by atoms with Crippen LogP contribution in [0.3, 0.4) is 0 Å². The average Bonchev–Trinajstić information content (AvgIpc) is 2.59. The maximum absolute atomic E-state index is 11.3. The Hall–Kier alpha value is -1.44. The van der Waals surface area contributed by atoms with Crippen molar-refractivity contribution < 1.29 is 9.72 Å². The van der Waals surface area contributed by atoms with E-state index in [0.717, 1.165) is 0 Å². The van der Waals surface area contributed by atoms with Gasteiger partial charge in [0, 0.05) is 20.5 Å². The second-order valence-corrected chi connectivity index (χ2v) is 4.57. The van der Waals surface area contributed by atoms with Crippen LogP contribution in [0.5, 0.6) is 0 Å². The second kappa shape index (κ2) is 5.76. The highest BCUT2D eigenvalue weighted by Crippen LogP contribution is 2.22. The van der Waals surface area contributed by atoms with Gasteiger partial charge in [0.05, 0.1) is 17.8 Å². The molecular formula is C9H13BrN4O3. The minimum Gasteiger partial charge on any atom is -0.358 e. The zero-order valence-corrected chi connectivity index (χ0v) is 11.2. The molecule has 1 heterocycles. The third-order valence-electron chi connectivity index (χ3n) is 2.15. The van der Waals surface area contributed by atoms with Gasteiger partial charge in [0.1, 0.15) is 4.47 Å². The number of nitro groups is 1. The van der Waals surface area contributed by atoms with Crippen molar-refractivity contribution in [2.45, 2.75) is 19.4 Å². The second-order valence-electron chi connectivity index (χ2n) is 3.71. The van der Waals surface area contributed by atoms with E-state index in [9.17, 15) is 14.9 Å². The van der Waals surface area contributed by atoms with Crippen molar-refractivity contribution in [3.8, 4) is 0 Å². The molecule has 0 saturated heterocycles. The van der Waals surface area contributed by atoms with Gasteiger partial charge in [0.25, 0.3) is 0 Å². The molecule has 0 saturated carbocycles. The lowest BCUT2D eigenvalue weighted by Crippen LogP contribution is -2.21. The molecule has 0 unspecified atom stereocenters. The molecule has 0 aliphatic carbocycles. The number of carbonyl (C=O) groups is 1. The van der Waals surface area contributed by atoms with E-state index in [1.54, 1.807) is 14.1 Å². The Balaban J connectivity index is 2.50. The number of amides is 1. The first-order valence-electron chi connectivity index (χ1n) is 4.99. The van der Waals surface area contributed by atoms with E-state index in [1.807, 2.05) is 0 Å². The van der Waals surface area contributed by atoms with E-state index >= 15 is 0 Å². The molecule has 0 N–H and O–H groups in total. The molecule has 94 valence electrons. The van der Waals surface area contributed by atoms with E-state index in [4.69, 9.17) is 0 Å². The number of aryl methyl sites for hydroxylation is 1. The molecule has 0 aliphatic heterocycles. The first-order valence-corrected chi connectivity index (χ1v) is 5.78. The Morgan fingerprint density at radius 3 is 2.76 bits per heavy atom. The lowest BCUT2D eigenvalue weighted by molar-refractivity contribution is -0.390. The predicted molar refractivity (Wildman–Crippen MR) is 64.5 cm³/mol. The highest BCUT2D eigenvalue weighted by molar-refractivity contribution is 9.10. The van der Waals surface area contributed by atoms with Gasteiger partial charge >= 0.3 is 5.82 Å². The normalized spacial score (nSPS) is 10.3. The Morgan fingerprint density at radius 2 is 2.29 bits per heavy atom. The van der Waals surface area contributed by atoms with Crippen molar-refractivity contribution in [3.63, 3.8) is 0 Å². The molecule has 1 amide bonds. The van der Waals surface area contributed by atoms with Gasteiger partial charge in [-0.25, -0.2) is 0 Å². The third kappa shape index (κ3) is 3.81. The summed E-state index contributed by atoms with van der Waals surface area (Å²) in [6.07, 6.45) is 2.54. The van der Waals surface area contributed by atoms with Crippen LogP contribution in [-0.2, 0) is 11.3 Å². The molecule has 17 heavy (non-hydrogen) atoms. The summed E-state index contributed by atoms with van der Waals surface area (Å²) >= 11 is 3.06. The Morgan fingerprint density at radius 1 is 1.65 bits per heavy atom. The fourth-order valence-electron chi connectivity index (χ4n) is 1.24. The lowest BCUT2D eigenvalue weighted by atomic mass is 10.3. The smallest absolute Gasteiger partial charge is 0.358 e. The summed E-state index contributed by atoms with van der Waals surface area (Å²) in [7, 11) is 3.38. The number of carbonyl (C=O) groups excluding carboxylic acids is 1. The summed E-state index contributed by atoms with van der Waals surface area (Å²) in [5, 5.41) is 14.3. The number of halogens is 1. The van der Waals surface area contributed by atoms with Crippen molar-refractivity contribution in [1.82, 2.24) is 14.7 Å². The van der Waals surface area contributed by atoms with Gasteiger partial charge in [-0.3, -0.25) is 4.79 Å². The lowest BCUT2D eigenvalue weighted by Gasteiger charge is -2.08. The maximum Gasteiger partial charge on any atom is 0.404 e. The fourth-order valence-corrected chi connectivity index (χ4v) is 1.70. The van der Waals surface area contributed by atoms with Crippen LogP contribution in [0.15, 0.2) is 10.7 Å². The Labute approximate surface area is 107 Å². The summed E-state index contributed by atoms with van der Waals surface area (Å²) in [5.74, 6) is -0.172. The number of aromatic nitrogens is 2. The molecule has 1 rings (SSSR count). The molecule has 0 aliphatic rings. The monoisotopic (exact) mass is 304 g/mol. The predicted octanol–water partition coefficient (Wildman–Crippen LogP) is 1.42. The van der Waals surface area contributed by atoms with E-state index in [1.165, 1.54) is 15.8 Å². The van der Waals surface area contributed by atoms with Gasteiger partial charge in [-0.2, -0.15) is 4.68 Å². The zero-order chi connectivity index (χ0) is 13.0. The third-order valence-corrected chi connectivity index (χ3v) is 2.71. The molecule has 8 heteroatoms. The average molecular weight is 305 g/mol. The van der Waals surface area contributed by atoms with Crippen molar-refractivity contribution in [2.24, 2.45) is 0 Å². The van der Waals surface area contributed by atoms with Crippen molar-refractivity contribution >= 4 is 27.7 Å². The first-order chi connectivity index (χ1) is 7.91. The molecule has 0 spiro atoms. The van der Waals surface area contributed by atoms with E-state index in [2.05, 4.69) is 21.0 Å². The summed E-state index contributed by atoms with van der Waals surface area (Å²) in [6.45, 7) is 0.478. The summed E-state index contributed by atoms with van der Waals surface area (Å²) in [5.41, 5.74) is 0. The number of rotatable bonds is 5. The quantitative estimate of drug-likeness (QED) is 0.608. The SMILES string of the molecule is CN(C)C(=O)CCCn1cc(Br)c([N+](=O)[O-])n1. The van der Waals surface area contributed by atoms with Crippen LogP contribution in [0.1, 0.15) is 12.8 Å². The molecule has 1 aromatic heterocycles. The number of hydrogen-bond acceptors (Lipinski definition) is 4. The maximum atomic E-state index is 11.3. The molecule has 7 nitrogen and oxygen atoms in total. The highest BCUT2D eigenvalue weighted by Gasteiger charge is 2.18. The van der Waals surface area contributed by atoms with E-state index in [0.29, 0.717) is 23.9 Å². The van der Waals surface area contributed by atoms with Crippen molar-refractivity contribution in [1.29, 1.82) is 0 Å². The van der Waals surface area contributed by atoms with Crippen molar-refractivity contribution in [2.75, 3.05) is 14.1 Å². The van der Waals surface area contributed by atoms with Gasteiger partial charge in [0.15, 0.2) is 0 Å². The summed E-state index contributed by atoms with van der Waals surface area (Å²) < 4.78 is 1.81. The molecule has 0 aromatic carbocycles. The topological polar surface area (TPSA) is 81.3 Å². The molecule has 0 fully saturated rings. The van der Waals surface area contributed by atoms with Crippen LogP contribution in [0.25, 0.3) is 0 Å². The molecule has 1 aromatic rings. The number of hydrogen-bond donors (Lipinski definition) is 0. The Kier molecular flexibility index (Phi) is 4.62. The largest absolute Gasteiger partial charge is 0.404 e. The summed E-state index contributed by atoms with van der Waals surface area (Å²) in [6, 6.07) is 0. The zero-order valence-electron chi connectivity index (χ0n) is 9.59. The molecule has 0 radical (unpaired) electrons. The standard InChI is InChI=1S/C9H13BrN4O3/c1-12(2)8(15)4-3-5-13-6-7(10)9(11-13)14(16)17/h6H,3-5H2,1-2H3. The first kappa shape index (κ1) is 13.6. The van der Waals surface area contributed by atoms with Crippen LogP contribution in [0.4, 0.5) is 5.82 Å². The molecule has 0 bridgehead atoms. The number of nitrogens with zero attached hydrogens (tertiary/aromatic N) is 4. The van der Waals surface area contributed by atoms with Crippen LogP contribution in [-0.4, -0.2) is 39.6 Å². The molecular weight excluding hydrogens is 292 g/mol. The van der Waals surface area contributed by atoms with E-state index in [-0.39, 0.29) is 11.7 Å². The van der Waals surface area contributed by atoms with Gasteiger partial charge in [-0.1, -0.05) is 0 Å².